The van der Waals surface area contributed by atoms with Crippen LogP contribution in [0.25, 0.3) is 0 Å². The molecule has 80 valence electrons. The van der Waals surface area contributed by atoms with Gasteiger partial charge in [0.25, 0.3) is 0 Å². The second-order valence-corrected chi connectivity index (χ2v) is 5.08. The Hall–Kier alpha value is -0.720. The molecule has 0 fully saturated rings. The highest BCUT2D eigenvalue weighted by atomic mass is 79.9. The molecular formula is C9H11BrN4S. The molecule has 15 heavy (non-hydrogen) atoms. The third-order valence-corrected chi connectivity index (χ3v) is 3.57. The van der Waals surface area contributed by atoms with Crippen molar-refractivity contribution in [1.82, 2.24) is 20.3 Å². The van der Waals surface area contributed by atoms with E-state index in [1.165, 1.54) is 4.88 Å². The van der Waals surface area contributed by atoms with Crippen molar-refractivity contribution >= 4 is 27.3 Å². The maximum atomic E-state index is 4.06. The van der Waals surface area contributed by atoms with E-state index in [0.717, 1.165) is 23.3 Å². The zero-order valence-corrected chi connectivity index (χ0v) is 10.7. The standard InChI is InChI=1S/C9H11BrN4S/c1-11-3-8-4-14(13-12-8)5-9-2-7(10)6-15-9/h2,4,6,11H,3,5H2,1H3. The van der Waals surface area contributed by atoms with Crippen LogP contribution in [0.1, 0.15) is 10.6 Å². The average Bonchev–Trinajstić information content (AvgIpc) is 2.78. The van der Waals surface area contributed by atoms with Crippen LogP contribution < -0.4 is 5.32 Å². The Balaban J connectivity index is 2.04. The summed E-state index contributed by atoms with van der Waals surface area (Å²) in [7, 11) is 1.90. The highest BCUT2D eigenvalue weighted by molar-refractivity contribution is 9.10. The summed E-state index contributed by atoms with van der Waals surface area (Å²) in [6.07, 6.45) is 1.96. The minimum atomic E-state index is 0.758. The number of aromatic nitrogens is 3. The first-order valence-corrected chi connectivity index (χ1v) is 6.21. The molecule has 0 saturated heterocycles. The van der Waals surface area contributed by atoms with Gasteiger partial charge in [-0.1, -0.05) is 5.21 Å². The first-order chi connectivity index (χ1) is 7.28. The van der Waals surface area contributed by atoms with Crippen LogP contribution in [-0.4, -0.2) is 22.0 Å². The third kappa shape index (κ3) is 2.87. The zero-order chi connectivity index (χ0) is 10.7. The summed E-state index contributed by atoms with van der Waals surface area (Å²) in [6.45, 7) is 1.54. The lowest BCUT2D eigenvalue weighted by Gasteiger charge is -1.95. The first kappa shape index (κ1) is 10.8. The average molecular weight is 287 g/mol. The molecule has 0 aliphatic heterocycles. The normalized spacial score (nSPS) is 10.8. The van der Waals surface area contributed by atoms with Gasteiger partial charge < -0.3 is 5.32 Å². The topological polar surface area (TPSA) is 42.7 Å². The van der Waals surface area contributed by atoms with Gasteiger partial charge in [0.15, 0.2) is 0 Å². The highest BCUT2D eigenvalue weighted by Gasteiger charge is 2.02. The lowest BCUT2D eigenvalue weighted by Crippen LogP contribution is -2.05. The van der Waals surface area contributed by atoms with Crippen LogP contribution in [0.3, 0.4) is 0 Å². The Kier molecular flexibility index (Phi) is 3.50. The summed E-state index contributed by atoms with van der Waals surface area (Å²) in [5, 5.41) is 13.2. The second-order valence-electron chi connectivity index (χ2n) is 3.17. The van der Waals surface area contributed by atoms with Crippen molar-refractivity contribution in [3.63, 3.8) is 0 Å². The fourth-order valence-corrected chi connectivity index (χ4v) is 2.72. The molecule has 0 atom stereocenters. The van der Waals surface area contributed by atoms with Crippen molar-refractivity contribution < 1.29 is 0 Å². The smallest absolute Gasteiger partial charge is 0.0964 e. The molecule has 2 aromatic rings. The zero-order valence-electron chi connectivity index (χ0n) is 8.27. The van der Waals surface area contributed by atoms with E-state index in [1.807, 2.05) is 17.9 Å². The van der Waals surface area contributed by atoms with Gasteiger partial charge in [-0.05, 0) is 29.0 Å². The second kappa shape index (κ2) is 4.87. The van der Waals surface area contributed by atoms with Crippen LogP contribution in [0.15, 0.2) is 22.1 Å². The highest BCUT2D eigenvalue weighted by Crippen LogP contribution is 2.20. The van der Waals surface area contributed by atoms with E-state index in [0.29, 0.717) is 0 Å². The van der Waals surface area contributed by atoms with E-state index in [1.54, 1.807) is 11.3 Å². The van der Waals surface area contributed by atoms with Crippen LogP contribution in [0.5, 0.6) is 0 Å². The Morgan fingerprint density at radius 2 is 2.47 bits per heavy atom. The van der Waals surface area contributed by atoms with E-state index in [-0.39, 0.29) is 0 Å². The lowest BCUT2D eigenvalue weighted by molar-refractivity contribution is 0.655. The van der Waals surface area contributed by atoms with Crippen molar-refractivity contribution in [1.29, 1.82) is 0 Å². The van der Waals surface area contributed by atoms with Crippen LogP contribution >= 0.6 is 27.3 Å². The molecule has 0 spiro atoms. The molecule has 0 radical (unpaired) electrons. The van der Waals surface area contributed by atoms with Crippen LogP contribution in [0.4, 0.5) is 0 Å². The van der Waals surface area contributed by atoms with Gasteiger partial charge in [-0.2, -0.15) is 0 Å². The Morgan fingerprint density at radius 1 is 1.60 bits per heavy atom. The summed E-state index contributed by atoms with van der Waals surface area (Å²) in [6, 6.07) is 2.10. The van der Waals surface area contributed by atoms with Crippen LogP contribution in [0.2, 0.25) is 0 Å². The molecule has 0 unspecified atom stereocenters. The van der Waals surface area contributed by atoms with Crippen molar-refractivity contribution in [2.75, 3.05) is 7.05 Å². The largest absolute Gasteiger partial charge is 0.314 e. The van der Waals surface area contributed by atoms with Crippen LogP contribution in [0, 0.1) is 0 Å². The molecule has 0 aliphatic rings. The van der Waals surface area contributed by atoms with Gasteiger partial charge in [-0.3, -0.25) is 0 Å². The number of nitrogens with one attached hydrogen (secondary N) is 1. The van der Waals surface area contributed by atoms with E-state index in [4.69, 9.17) is 0 Å². The van der Waals surface area contributed by atoms with Gasteiger partial charge in [0.2, 0.25) is 0 Å². The van der Waals surface area contributed by atoms with Crippen molar-refractivity contribution in [3.05, 3.63) is 32.7 Å². The molecule has 4 nitrogen and oxygen atoms in total. The molecule has 1 N–H and O–H groups in total. The molecule has 0 amide bonds. The lowest BCUT2D eigenvalue weighted by atomic mass is 10.4. The number of hydrogen-bond donors (Lipinski definition) is 1. The Bertz CT molecular complexity index is 437. The van der Waals surface area contributed by atoms with E-state index >= 15 is 0 Å². The summed E-state index contributed by atoms with van der Waals surface area (Å²) < 4.78 is 2.98. The quantitative estimate of drug-likeness (QED) is 0.933. The number of hydrogen-bond acceptors (Lipinski definition) is 4. The van der Waals surface area contributed by atoms with E-state index < -0.39 is 0 Å². The molecule has 2 heterocycles. The van der Waals surface area contributed by atoms with Gasteiger partial charge in [0.1, 0.15) is 0 Å². The van der Waals surface area contributed by atoms with Gasteiger partial charge in [0, 0.05) is 21.3 Å². The third-order valence-electron chi connectivity index (χ3n) is 1.88. The van der Waals surface area contributed by atoms with Gasteiger partial charge in [0.05, 0.1) is 18.4 Å². The predicted molar refractivity (Wildman–Crippen MR) is 63.9 cm³/mol. The molecule has 0 bridgehead atoms. The van der Waals surface area contributed by atoms with Crippen LogP contribution in [-0.2, 0) is 13.1 Å². The van der Waals surface area contributed by atoms with Crippen molar-refractivity contribution in [2.24, 2.45) is 0 Å². The van der Waals surface area contributed by atoms with E-state index in [2.05, 4.69) is 43.0 Å². The first-order valence-electron chi connectivity index (χ1n) is 4.54. The molecule has 0 saturated carbocycles. The molecule has 2 aromatic heterocycles. The predicted octanol–water partition coefficient (Wildman–Crippen LogP) is 1.87. The summed E-state index contributed by atoms with van der Waals surface area (Å²) in [5.74, 6) is 0. The fraction of sp³-hybridized carbons (Fsp3) is 0.333. The fourth-order valence-electron chi connectivity index (χ4n) is 1.27. The molecule has 0 aromatic carbocycles. The van der Waals surface area contributed by atoms with Gasteiger partial charge >= 0.3 is 0 Å². The maximum Gasteiger partial charge on any atom is 0.0964 e. The Labute approximate surface area is 100 Å². The number of rotatable bonds is 4. The minimum Gasteiger partial charge on any atom is -0.314 e. The number of nitrogens with zero attached hydrogens (tertiary/aromatic N) is 3. The molecule has 6 heteroatoms. The van der Waals surface area contributed by atoms with Gasteiger partial charge in [-0.25, -0.2) is 4.68 Å². The van der Waals surface area contributed by atoms with E-state index in [9.17, 15) is 0 Å². The van der Waals surface area contributed by atoms with Gasteiger partial charge in [-0.15, -0.1) is 16.4 Å². The summed E-state index contributed by atoms with van der Waals surface area (Å²) in [4.78, 5) is 1.27. The SMILES string of the molecule is CNCc1cn(Cc2cc(Br)cs2)nn1. The summed E-state index contributed by atoms with van der Waals surface area (Å²) >= 11 is 5.15. The monoisotopic (exact) mass is 286 g/mol. The molecule has 2 rings (SSSR count). The Morgan fingerprint density at radius 3 is 3.13 bits per heavy atom. The number of halogens is 1. The minimum absolute atomic E-state index is 0.758. The molecule has 0 aliphatic carbocycles. The van der Waals surface area contributed by atoms with Crippen molar-refractivity contribution in [2.45, 2.75) is 13.1 Å². The maximum absolute atomic E-state index is 4.06. The summed E-state index contributed by atoms with van der Waals surface area (Å²) in [5.41, 5.74) is 0.966. The van der Waals surface area contributed by atoms with Crippen molar-refractivity contribution in [3.8, 4) is 0 Å². The molecular weight excluding hydrogens is 276 g/mol. The number of thiophene rings is 1.